The van der Waals surface area contributed by atoms with Gasteiger partial charge >= 0.3 is 0 Å². The molecule has 10 nitrogen and oxygen atoms in total. The van der Waals surface area contributed by atoms with Crippen LogP contribution in [0.15, 0.2) is 12.2 Å². The van der Waals surface area contributed by atoms with E-state index in [9.17, 15) is 35.4 Å². The molecular weight excluding hydrogens is 711 g/mol. The molecule has 1 fully saturated rings. The van der Waals surface area contributed by atoms with E-state index in [-0.39, 0.29) is 6.61 Å². The number of nitrogens with one attached hydrogen (secondary N) is 1. The summed E-state index contributed by atoms with van der Waals surface area (Å²) in [4.78, 5) is 13.0. The van der Waals surface area contributed by atoms with Crippen LogP contribution in [-0.2, 0) is 14.3 Å². The molecule has 0 spiro atoms. The van der Waals surface area contributed by atoms with Crippen molar-refractivity contribution >= 4 is 5.91 Å². The van der Waals surface area contributed by atoms with Crippen LogP contribution < -0.4 is 5.32 Å². The monoisotopic (exact) mass is 800 g/mol. The first kappa shape index (κ1) is 52.9. The predicted octanol–water partition coefficient (Wildman–Crippen LogP) is 8.55. The molecule has 8 atom stereocenters. The van der Waals surface area contributed by atoms with Crippen molar-refractivity contribution in [3.05, 3.63) is 12.2 Å². The number of rotatable bonds is 38. The first-order valence-electron chi connectivity index (χ1n) is 23.4. The molecule has 1 aliphatic rings. The zero-order valence-corrected chi connectivity index (χ0v) is 36.2. The van der Waals surface area contributed by atoms with Gasteiger partial charge in [-0.15, -0.1) is 0 Å². The van der Waals surface area contributed by atoms with E-state index in [1.54, 1.807) is 6.08 Å². The van der Waals surface area contributed by atoms with Gasteiger partial charge in [0.1, 0.15) is 30.5 Å². The average molecular weight is 800 g/mol. The van der Waals surface area contributed by atoms with E-state index < -0.39 is 61.5 Å². The number of aliphatic hydroxyl groups excluding tert-OH is 6. The lowest BCUT2D eigenvalue weighted by molar-refractivity contribution is -0.302. The third-order valence-electron chi connectivity index (χ3n) is 11.4. The normalized spacial score (nSPS) is 21.9. The van der Waals surface area contributed by atoms with Crippen molar-refractivity contribution in [2.45, 2.75) is 256 Å². The van der Waals surface area contributed by atoms with Crippen LogP contribution in [0, 0.1) is 5.92 Å². The largest absolute Gasteiger partial charge is 0.394 e. The SMILES string of the molecule is CCCCCCCCCCCCCCCCCCCCC(O)C(=O)NC(COC1OC(CO)C(O)C(O)C1O)C(O)C=CCCCCCCCCCCC(C)C. The molecule has 8 unspecified atom stereocenters. The number of unbranched alkanes of at least 4 members (excludes halogenated alkanes) is 25. The highest BCUT2D eigenvalue weighted by Gasteiger charge is 2.44. The Labute approximate surface area is 342 Å². The van der Waals surface area contributed by atoms with Crippen LogP contribution in [0.1, 0.15) is 207 Å². The minimum Gasteiger partial charge on any atom is -0.394 e. The summed E-state index contributed by atoms with van der Waals surface area (Å²) >= 11 is 0. The van der Waals surface area contributed by atoms with Crippen molar-refractivity contribution in [2.75, 3.05) is 13.2 Å². The smallest absolute Gasteiger partial charge is 0.249 e. The number of hydrogen-bond acceptors (Lipinski definition) is 9. The molecule has 1 aliphatic heterocycles. The maximum absolute atomic E-state index is 13.0. The highest BCUT2D eigenvalue weighted by atomic mass is 16.7. The zero-order valence-electron chi connectivity index (χ0n) is 36.2. The summed E-state index contributed by atoms with van der Waals surface area (Å²) in [6, 6.07) is -0.975. The van der Waals surface area contributed by atoms with Crippen molar-refractivity contribution in [2.24, 2.45) is 5.92 Å². The first-order chi connectivity index (χ1) is 27.1. The van der Waals surface area contributed by atoms with Crippen LogP contribution in [0.2, 0.25) is 0 Å². The standard InChI is InChI=1S/C46H89NO9/c1-4-5-6-7-8-9-10-11-12-13-14-15-16-17-22-25-28-31-34-40(50)45(54)47-38(36-55-46-44(53)43(52)42(51)41(35-48)56-46)39(49)33-30-27-24-21-19-18-20-23-26-29-32-37(2)3/h30,33,37-44,46,48-53H,4-29,31-32,34-36H2,1-3H3,(H,47,54). The van der Waals surface area contributed by atoms with Gasteiger partial charge < -0.3 is 45.4 Å². The van der Waals surface area contributed by atoms with Crippen molar-refractivity contribution in [3.8, 4) is 0 Å². The van der Waals surface area contributed by atoms with Gasteiger partial charge in [-0.1, -0.05) is 200 Å². The lowest BCUT2D eigenvalue weighted by Gasteiger charge is -2.40. The Morgan fingerprint density at radius 2 is 1.09 bits per heavy atom. The molecule has 7 N–H and O–H groups in total. The molecule has 0 saturated carbocycles. The van der Waals surface area contributed by atoms with Gasteiger partial charge in [-0.3, -0.25) is 4.79 Å². The molecule has 1 saturated heterocycles. The van der Waals surface area contributed by atoms with Crippen LogP contribution in [-0.4, -0.2) is 98.7 Å². The molecule has 1 amide bonds. The molecule has 0 aromatic carbocycles. The number of aliphatic hydroxyl groups is 6. The third kappa shape index (κ3) is 26.8. The highest BCUT2D eigenvalue weighted by Crippen LogP contribution is 2.23. The Bertz CT molecular complexity index is 919. The summed E-state index contributed by atoms with van der Waals surface area (Å²) in [6.45, 7) is 5.92. The van der Waals surface area contributed by atoms with E-state index in [1.165, 1.54) is 135 Å². The summed E-state index contributed by atoms with van der Waals surface area (Å²) in [5.41, 5.74) is 0. The quantitative estimate of drug-likeness (QED) is 0.0239. The molecule has 10 heteroatoms. The number of allylic oxidation sites excluding steroid dienone is 1. The van der Waals surface area contributed by atoms with Crippen LogP contribution in [0.5, 0.6) is 0 Å². The molecule has 332 valence electrons. The van der Waals surface area contributed by atoms with E-state index in [0.29, 0.717) is 6.42 Å². The van der Waals surface area contributed by atoms with Gasteiger partial charge in [-0.25, -0.2) is 0 Å². The summed E-state index contributed by atoms with van der Waals surface area (Å²) in [7, 11) is 0. The summed E-state index contributed by atoms with van der Waals surface area (Å²) < 4.78 is 11.1. The van der Waals surface area contributed by atoms with Gasteiger partial charge in [0, 0.05) is 0 Å². The van der Waals surface area contributed by atoms with Crippen molar-refractivity contribution in [1.29, 1.82) is 0 Å². The lowest BCUT2D eigenvalue weighted by atomic mass is 9.99. The van der Waals surface area contributed by atoms with E-state index >= 15 is 0 Å². The number of carbonyl (C=O) groups is 1. The topological polar surface area (TPSA) is 169 Å². The van der Waals surface area contributed by atoms with Crippen molar-refractivity contribution in [1.82, 2.24) is 5.32 Å². The average Bonchev–Trinajstić information content (AvgIpc) is 3.18. The third-order valence-corrected chi connectivity index (χ3v) is 11.4. The summed E-state index contributed by atoms with van der Waals surface area (Å²) in [6.07, 6.45) is 28.8. The van der Waals surface area contributed by atoms with Gasteiger partial charge in [0.05, 0.1) is 25.4 Å². The molecule has 0 bridgehead atoms. The van der Waals surface area contributed by atoms with E-state index in [2.05, 4.69) is 26.1 Å². The maximum atomic E-state index is 13.0. The van der Waals surface area contributed by atoms with Gasteiger partial charge in [0.15, 0.2) is 6.29 Å². The predicted molar refractivity (Wildman–Crippen MR) is 227 cm³/mol. The van der Waals surface area contributed by atoms with Crippen LogP contribution in [0.4, 0.5) is 0 Å². The molecule has 0 aromatic rings. The minimum atomic E-state index is -1.61. The fourth-order valence-electron chi connectivity index (χ4n) is 7.52. The van der Waals surface area contributed by atoms with Crippen LogP contribution >= 0.6 is 0 Å². The second kappa shape index (κ2) is 35.8. The van der Waals surface area contributed by atoms with E-state index in [4.69, 9.17) is 9.47 Å². The van der Waals surface area contributed by atoms with Gasteiger partial charge in [-0.05, 0) is 25.2 Å². The fourth-order valence-corrected chi connectivity index (χ4v) is 7.52. The molecule has 0 aromatic heterocycles. The Hall–Kier alpha value is -1.11. The molecule has 0 aliphatic carbocycles. The van der Waals surface area contributed by atoms with Gasteiger partial charge in [0.2, 0.25) is 5.91 Å². The summed E-state index contributed by atoms with van der Waals surface area (Å²) in [5.74, 6) is 0.166. The van der Waals surface area contributed by atoms with Crippen LogP contribution in [0.25, 0.3) is 0 Å². The molecule has 1 rings (SSSR count). The van der Waals surface area contributed by atoms with E-state index in [1.807, 2.05) is 6.08 Å². The molecule has 1 heterocycles. The second-order valence-corrected chi connectivity index (χ2v) is 17.2. The highest BCUT2D eigenvalue weighted by molar-refractivity contribution is 5.80. The number of ether oxygens (including phenoxy) is 2. The maximum Gasteiger partial charge on any atom is 0.249 e. The lowest BCUT2D eigenvalue weighted by Crippen LogP contribution is -2.60. The number of amides is 1. The van der Waals surface area contributed by atoms with E-state index in [0.717, 1.165) is 50.9 Å². The molecule has 0 radical (unpaired) electrons. The fraction of sp³-hybridized carbons (Fsp3) is 0.935. The van der Waals surface area contributed by atoms with Crippen molar-refractivity contribution < 1.29 is 44.9 Å². The Kier molecular flexibility index (Phi) is 33.8. The second-order valence-electron chi connectivity index (χ2n) is 17.2. The minimum absolute atomic E-state index is 0.303. The van der Waals surface area contributed by atoms with Gasteiger partial charge in [0.25, 0.3) is 0 Å². The Balaban J connectivity index is 2.38. The molecule has 56 heavy (non-hydrogen) atoms. The Morgan fingerprint density at radius 3 is 1.55 bits per heavy atom. The molecular formula is C46H89NO9. The van der Waals surface area contributed by atoms with Crippen molar-refractivity contribution in [3.63, 3.8) is 0 Å². The zero-order chi connectivity index (χ0) is 41.2. The summed E-state index contributed by atoms with van der Waals surface area (Å²) in [5, 5.41) is 64.6. The first-order valence-corrected chi connectivity index (χ1v) is 23.4. The van der Waals surface area contributed by atoms with Crippen LogP contribution in [0.3, 0.4) is 0 Å². The van der Waals surface area contributed by atoms with Gasteiger partial charge in [-0.2, -0.15) is 0 Å². The Morgan fingerprint density at radius 1 is 0.643 bits per heavy atom. The number of hydrogen-bond donors (Lipinski definition) is 7. The number of carbonyl (C=O) groups excluding carboxylic acids is 1.